The van der Waals surface area contributed by atoms with Crippen molar-refractivity contribution in [1.82, 2.24) is 0 Å². The molecular weight excluding hydrogens is 148 g/mol. The highest BCUT2D eigenvalue weighted by atomic mass is 16.1. The Kier molecular flexibility index (Phi) is 1.90. The fraction of sp³-hybridized carbons (Fsp3) is 0.909. The lowest BCUT2D eigenvalue weighted by Crippen LogP contribution is -2.16. The molecule has 2 atom stereocenters. The monoisotopic (exact) mass is 168 g/mol. The Labute approximate surface area is 75.5 Å². The molecule has 0 amide bonds. The van der Waals surface area contributed by atoms with Gasteiger partial charge in [-0.3, -0.25) is 4.79 Å². The zero-order valence-corrected chi connectivity index (χ0v) is 9.06. The number of Topliss-reactive ketones (excluding diaryl/α,β-unsaturated/α-hetero) is 1. The molecule has 0 aromatic heterocycles. The summed E-state index contributed by atoms with van der Waals surface area (Å²) in [6, 6.07) is 0. The fourth-order valence-corrected chi connectivity index (χ4v) is 2.09. The molecule has 1 nitrogen and oxygen atoms in total. The topological polar surface area (TPSA) is 17.1 Å². The first-order chi connectivity index (χ1) is 5.15. The molecule has 0 radical (unpaired) electrons. The van der Waals surface area contributed by atoms with E-state index in [1.807, 2.05) is 0 Å². The van der Waals surface area contributed by atoms with Crippen LogP contribution in [-0.4, -0.2) is 5.78 Å². The van der Waals surface area contributed by atoms with E-state index in [0.717, 1.165) is 0 Å². The highest BCUT2D eigenvalue weighted by Gasteiger charge is 2.59. The van der Waals surface area contributed by atoms with E-state index in [1.165, 1.54) is 0 Å². The van der Waals surface area contributed by atoms with E-state index in [0.29, 0.717) is 17.6 Å². The van der Waals surface area contributed by atoms with E-state index >= 15 is 0 Å². The van der Waals surface area contributed by atoms with Crippen molar-refractivity contribution in [1.29, 1.82) is 0 Å². The third-order valence-electron chi connectivity index (χ3n) is 2.70. The Hall–Kier alpha value is -0.330. The normalized spacial score (nSPS) is 30.7. The lowest BCUT2D eigenvalue weighted by Gasteiger charge is -2.22. The van der Waals surface area contributed by atoms with Gasteiger partial charge in [0.2, 0.25) is 0 Å². The van der Waals surface area contributed by atoms with Gasteiger partial charge in [-0.05, 0) is 10.8 Å². The molecular formula is C11H20O. The Bertz CT molecular complexity index is 180. The van der Waals surface area contributed by atoms with Gasteiger partial charge >= 0.3 is 0 Å². The van der Waals surface area contributed by atoms with Gasteiger partial charge in [0.15, 0.2) is 0 Å². The van der Waals surface area contributed by atoms with Crippen molar-refractivity contribution in [2.45, 2.75) is 41.5 Å². The Morgan fingerprint density at radius 1 is 0.833 bits per heavy atom. The third-order valence-corrected chi connectivity index (χ3v) is 2.70. The minimum atomic E-state index is 0.162. The number of ketones is 1. The summed E-state index contributed by atoms with van der Waals surface area (Å²) in [7, 11) is 0. The van der Waals surface area contributed by atoms with Crippen molar-refractivity contribution in [2.24, 2.45) is 22.7 Å². The Morgan fingerprint density at radius 2 is 1.08 bits per heavy atom. The molecule has 1 fully saturated rings. The van der Waals surface area contributed by atoms with Gasteiger partial charge in [0.25, 0.3) is 0 Å². The molecule has 0 spiro atoms. The first kappa shape index (κ1) is 9.76. The van der Waals surface area contributed by atoms with E-state index in [9.17, 15) is 4.79 Å². The predicted octanol–water partition coefficient (Wildman–Crippen LogP) is 2.89. The van der Waals surface area contributed by atoms with Crippen LogP contribution < -0.4 is 0 Å². The largest absolute Gasteiger partial charge is 0.299 e. The average molecular weight is 168 g/mol. The molecule has 0 aromatic rings. The molecule has 1 aliphatic rings. The Balaban J connectivity index is 2.73. The van der Waals surface area contributed by atoms with Gasteiger partial charge in [0, 0.05) is 11.8 Å². The summed E-state index contributed by atoms with van der Waals surface area (Å²) in [6.45, 7) is 12.9. The molecule has 1 rings (SSSR count). The predicted molar refractivity (Wildman–Crippen MR) is 50.9 cm³/mol. The zero-order chi connectivity index (χ0) is 9.73. The maximum atomic E-state index is 11.5. The molecule has 0 N–H and O–H groups in total. The van der Waals surface area contributed by atoms with Gasteiger partial charge in [0.1, 0.15) is 5.78 Å². The quantitative estimate of drug-likeness (QED) is 0.543. The molecule has 0 bridgehead atoms. The summed E-state index contributed by atoms with van der Waals surface area (Å²) >= 11 is 0. The van der Waals surface area contributed by atoms with Gasteiger partial charge in [-0.15, -0.1) is 0 Å². The summed E-state index contributed by atoms with van der Waals surface area (Å²) in [4.78, 5) is 11.5. The number of hydrogen-bond acceptors (Lipinski definition) is 1. The molecule has 0 aromatic carbocycles. The van der Waals surface area contributed by atoms with E-state index in [2.05, 4.69) is 41.5 Å². The molecule has 0 unspecified atom stereocenters. The van der Waals surface area contributed by atoms with Crippen molar-refractivity contribution >= 4 is 5.78 Å². The fourth-order valence-electron chi connectivity index (χ4n) is 2.09. The number of carbonyl (C=O) groups excluding carboxylic acids is 1. The molecule has 12 heavy (non-hydrogen) atoms. The van der Waals surface area contributed by atoms with Gasteiger partial charge in [-0.2, -0.15) is 0 Å². The molecule has 1 aliphatic carbocycles. The summed E-state index contributed by atoms with van der Waals surface area (Å²) in [5.41, 5.74) is 0.323. The van der Waals surface area contributed by atoms with Crippen molar-refractivity contribution in [3.8, 4) is 0 Å². The minimum absolute atomic E-state index is 0.162. The molecule has 0 saturated heterocycles. The minimum Gasteiger partial charge on any atom is -0.299 e. The summed E-state index contributed by atoms with van der Waals surface area (Å²) in [5.74, 6) is 1.07. The van der Waals surface area contributed by atoms with Crippen molar-refractivity contribution in [3.63, 3.8) is 0 Å². The van der Waals surface area contributed by atoms with Crippen LogP contribution >= 0.6 is 0 Å². The first-order valence-electron chi connectivity index (χ1n) is 4.69. The van der Waals surface area contributed by atoms with Crippen LogP contribution in [0.3, 0.4) is 0 Å². The van der Waals surface area contributed by atoms with Gasteiger partial charge in [-0.1, -0.05) is 41.5 Å². The number of rotatable bonds is 0. The molecule has 0 heterocycles. The highest BCUT2D eigenvalue weighted by molar-refractivity contribution is 6.00. The summed E-state index contributed by atoms with van der Waals surface area (Å²) < 4.78 is 0. The van der Waals surface area contributed by atoms with Gasteiger partial charge < -0.3 is 0 Å². The van der Waals surface area contributed by atoms with Crippen LogP contribution in [-0.2, 0) is 4.79 Å². The Morgan fingerprint density at radius 3 is 1.17 bits per heavy atom. The maximum Gasteiger partial charge on any atom is 0.141 e. The van der Waals surface area contributed by atoms with E-state index in [4.69, 9.17) is 0 Å². The second-order valence-corrected chi connectivity index (χ2v) is 6.09. The van der Waals surface area contributed by atoms with Gasteiger partial charge in [-0.25, -0.2) is 0 Å². The van der Waals surface area contributed by atoms with Crippen LogP contribution in [0.4, 0.5) is 0 Å². The first-order valence-corrected chi connectivity index (χ1v) is 4.69. The lowest BCUT2D eigenvalue weighted by molar-refractivity contribution is -0.113. The van der Waals surface area contributed by atoms with E-state index in [-0.39, 0.29) is 10.8 Å². The second kappa shape index (κ2) is 2.34. The molecule has 1 saturated carbocycles. The number of hydrogen-bond donors (Lipinski definition) is 0. The molecule has 1 heteroatoms. The van der Waals surface area contributed by atoms with E-state index < -0.39 is 0 Å². The highest BCUT2D eigenvalue weighted by Crippen LogP contribution is 2.54. The molecule has 0 aliphatic heterocycles. The number of carbonyl (C=O) groups is 1. The second-order valence-electron chi connectivity index (χ2n) is 6.09. The maximum absolute atomic E-state index is 11.5. The van der Waals surface area contributed by atoms with Crippen LogP contribution in [0.2, 0.25) is 0 Å². The molecule has 70 valence electrons. The van der Waals surface area contributed by atoms with Crippen LogP contribution in [0.15, 0.2) is 0 Å². The summed E-state index contributed by atoms with van der Waals surface area (Å²) in [6.07, 6.45) is 0. The van der Waals surface area contributed by atoms with Crippen LogP contribution in [0.1, 0.15) is 41.5 Å². The van der Waals surface area contributed by atoms with Crippen molar-refractivity contribution in [3.05, 3.63) is 0 Å². The van der Waals surface area contributed by atoms with Crippen molar-refractivity contribution < 1.29 is 4.79 Å². The lowest BCUT2D eigenvalue weighted by atomic mass is 9.81. The van der Waals surface area contributed by atoms with Crippen LogP contribution in [0, 0.1) is 22.7 Å². The SMILES string of the molecule is CC(C)(C)[C@@H]1C(=O)[C@H]1C(C)(C)C. The smallest absolute Gasteiger partial charge is 0.141 e. The van der Waals surface area contributed by atoms with Crippen LogP contribution in [0.5, 0.6) is 0 Å². The average Bonchev–Trinajstić information content (AvgIpc) is 2.35. The van der Waals surface area contributed by atoms with E-state index in [1.54, 1.807) is 0 Å². The summed E-state index contributed by atoms with van der Waals surface area (Å²) in [5, 5.41) is 0. The van der Waals surface area contributed by atoms with Crippen LogP contribution in [0.25, 0.3) is 0 Å². The standard InChI is InChI=1S/C11H20O/c1-10(2,3)7-8(9(7)12)11(4,5)6/h7-8H,1-6H3/t7-,8-/m0/s1. The van der Waals surface area contributed by atoms with Gasteiger partial charge in [0.05, 0.1) is 0 Å². The third kappa shape index (κ3) is 1.55. The van der Waals surface area contributed by atoms with Crippen molar-refractivity contribution in [2.75, 3.05) is 0 Å². The zero-order valence-electron chi connectivity index (χ0n) is 9.06.